The Morgan fingerprint density at radius 2 is 0.715 bits per heavy atom. The van der Waals surface area contributed by atoms with E-state index in [-0.39, 0.29) is 54.5 Å². The van der Waals surface area contributed by atoms with Crippen LogP contribution in [0.4, 0.5) is 37.2 Å². The number of nitrogens with one attached hydrogen (secondary N) is 8. The van der Waals surface area contributed by atoms with Gasteiger partial charge in [0.1, 0.15) is 17.2 Å². The molecule has 12 aromatic heterocycles. The van der Waals surface area contributed by atoms with Crippen molar-refractivity contribution in [2.45, 2.75) is 134 Å². The topological polar surface area (TPSA) is 415 Å². The zero-order chi connectivity index (χ0) is 98.3. The van der Waals surface area contributed by atoms with Gasteiger partial charge in [0.15, 0.2) is 22.8 Å². The number of aromatic nitrogens is 16. The molecule has 5 aromatic carbocycles. The summed E-state index contributed by atoms with van der Waals surface area (Å²) in [5, 5.41) is 53.1. The maximum absolute atomic E-state index is 13.6. The molecule has 11 N–H and O–H groups in total. The number of nitrogens with two attached hydrogens (primary N) is 1. The van der Waals surface area contributed by atoms with Crippen LogP contribution in [-0.4, -0.2) is 217 Å². The highest BCUT2D eigenvalue weighted by molar-refractivity contribution is 6.14. The van der Waals surface area contributed by atoms with Gasteiger partial charge in [-0.2, -0.15) is 20.4 Å². The van der Waals surface area contributed by atoms with Crippen molar-refractivity contribution in [1.29, 1.82) is 0 Å². The fourth-order valence-corrected chi connectivity index (χ4v) is 18.6. The van der Waals surface area contributed by atoms with E-state index in [1.54, 1.807) is 79.3 Å². The van der Waals surface area contributed by atoms with Gasteiger partial charge in [-0.1, -0.05) is 55.3 Å². The van der Waals surface area contributed by atoms with Crippen LogP contribution >= 0.6 is 0 Å². The number of H-pyrrole nitrogens is 4. The van der Waals surface area contributed by atoms with Gasteiger partial charge in [0.2, 0.25) is 0 Å². The zero-order valence-corrected chi connectivity index (χ0v) is 79.5. The number of piperidine rings is 2. The van der Waals surface area contributed by atoms with Gasteiger partial charge in [-0.15, -0.1) is 0 Å². The highest BCUT2D eigenvalue weighted by atomic mass is 19.3. The second-order valence-corrected chi connectivity index (χ2v) is 37.4. The number of carbonyl (C=O) groups is 4. The molecule has 144 heavy (non-hydrogen) atoms. The molecule has 0 spiro atoms. The molecule has 6 aliphatic rings. The zero-order valence-electron chi connectivity index (χ0n) is 79.5. The first-order chi connectivity index (χ1) is 70.4. The smallest absolute Gasteiger partial charge is 0.276 e. The number of benzene rings is 5. The molecule has 4 amide bonds. The number of aromatic amines is 4. The lowest BCUT2D eigenvalue weighted by atomic mass is 9.95. The lowest BCUT2D eigenvalue weighted by Crippen LogP contribution is -2.36. The summed E-state index contributed by atoms with van der Waals surface area (Å²) in [6, 6.07) is 55.7. The minimum atomic E-state index is -2.62. The Balaban J connectivity index is 0.000000118. The number of likely N-dealkylation sites (tertiary alicyclic amines) is 5. The van der Waals surface area contributed by atoms with Crippen molar-refractivity contribution in [3.8, 4) is 61.8 Å². The minimum Gasteiger partial charge on any atom is -0.489 e. The molecule has 6 fully saturated rings. The highest BCUT2D eigenvalue weighted by Crippen LogP contribution is 2.37. The van der Waals surface area contributed by atoms with Crippen molar-refractivity contribution in [3.63, 3.8) is 0 Å². The summed E-state index contributed by atoms with van der Waals surface area (Å²) in [6.07, 6.45) is 33.5. The summed E-state index contributed by atoms with van der Waals surface area (Å²) >= 11 is 0. The van der Waals surface area contributed by atoms with E-state index in [0.717, 1.165) is 221 Å². The predicted molar refractivity (Wildman–Crippen MR) is 549 cm³/mol. The minimum absolute atomic E-state index is 0.0884. The third-order valence-corrected chi connectivity index (χ3v) is 26.7. The summed E-state index contributed by atoms with van der Waals surface area (Å²) in [7, 11) is 0. The number of ether oxygens (including phenoxy) is 2. The summed E-state index contributed by atoms with van der Waals surface area (Å²) in [5.74, 6) is -1.75. The molecule has 5 aliphatic heterocycles. The van der Waals surface area contributed by atoms with Gasteiger partial charge < -0.3 is 41.6 Å². The fraction of sp³-hybridized carbons (Fsp3) is 0.284. The first-order valence-corrected chi connectivity index (χ1v) is 49.0. The molecule has 17 heterocycles. The van der Waals surface area contributed by atoms with Crippen molar-refractivity contribution < 1.29 is 42.5 Å². The number of aliphatic hydroxyl groups excluding tert-OH is 1. The Hall–Kier alpha value is -15.9. The van der Waals surface area contributed by atoms with Crippen LogP contribution in [0.15, 0.2) is 250 Å². The van der Waals surface area contributed by atoms with Crippen molar-refractivity contribution >= 4 is 95.7 Å². The van der Waals surface area contributed by atoms with Crippen LogP contribution in [0.2, 0.25) is 0 Å². The normalized spacial score (nSPS) is 16.5. The number of carbonyl (C=O) groups excluding carboxylic acids is 4. The van der Waals surface area contributed by atoms with Crippen molar-refractivity contribution in [2.24, 2.45) is 0 Å². The fourth-order valence-electron chi connectivity index (χ4n) is 18.6. The number of pyridine rings is 8. The number of halogens is 2. The van der Waals surface area contributed by atoms with Gasteiger partial charge in [0.25, 0.3) is 29.6 Å². The number of nitrogens with zero attached hydrogens (tertiary/aromatic N) is 17. The Morgan fingerprint density at radius 3 is 1.08 bits per heavy atom. The Morgan fingerprint density at radius 1 is 0.354 bits per heavy atom. The van der Waals surface area contributed by atoms with Crippen LogP contribution in [0, 0.1) is 0 Å². The third-order valence-electron chi connectivity index (χ3n) is 26.7. The van der Waals surface area contributed by atoms with Crippen LogP contribution in [0.25, 0.3) is 88.1 Å². The first kappa shape index (κ1) is 95.6. The summed E-state index contributed by atoms with van der Waals surface area (Å²) in [5.41, 5.74) is 25.2. The average molecular weight is 1930 g/mol. The Bertz CT molecular complexity index is 7350. The highest BCUT2D eigenvalue weighted by Gasteiger charge is 2.38. The largest absolute Gasteiger partial charge is 0.489 e. The maximum Gasteiger partial charge on any atom is 0.276 e. The third kappa shape index (κ3) is 24.3. The molecule has 0 bridgehead atoms. The van der Waals surface area contributed by atoms with E-state index in [0.29, 0.717) is 75.5 Å². The molecule has 0 unspecified atom stereocenters. The number of hydrogen-bond acceptors (Lipinski definition) is 25. The Labute approximate surface area is 828 Å². The van der Waals surface area contributed by atoms with Gasteiger partial charge in [-0.05, 0) is 278 Å². The molecule has 0 atom stereocenters. The molecule has 0 radical (unpaired) electrons. The molecule has 732 valence electrons. The van der Waals surface area contributed by atoms with Crippen molar-refractivity contribution in [3.05, 3.63) is 301 Å². The van der Waals surface area contributed by atoms with E-state index in [4.69, 9.17) is 15.2 Å². The quantitative estimate of drug-likeness (QED) is 0.0241. The van der Waals surface area contributed by atoms with E-state index in [1.165, 1.54) is 51.4 Å². The van der Waals surface area contributed by atoms with Crippen molar-refractivity contribution in [1.82, 2.24) is 105 Å². The van der Waals surface area contributed by atoms with Gasteiger partial charge >= 0.3 is 0 Å². The summed E-state index contributed by atoms with van der Waals surface area (Å²) in [4.78, 5) is 98.7. The van der Waals surface area contributed by atoms with E-state index in [2.05, 4.69) is 122 Å². The van der Waals surface area contributed by atoms with Crippen molar-refractivity contribution in [2.75, 3.05) is 92.4 Å². The number of alkyl halides is 2. The van der Waals surface area contributed by atoms with Crippen LogP contribution in [0.3, 0.4) is 0 Å². The van der Waals surface area contributed by atoms with Crippen LogP contribution in [0.5, 0.6) is 17.2 Å². The lowest BCUT2D eigenvalue weighted by Gasteiger charge is -2.30. The molecule has 35 heteroatoms. The molecular weight excluding hydrogens is 1820 g/mol. The number of aliphatic hydroxyl groups is 1. The number of hydrogen-bond donors (Lipinski definition) is 10. The molecule has 1 saturated carbocycles. The predicted octanol–water partition coefficient (Wildman–Crippen LogP) is 18.4. The van der Waals surface area contributed by atoms with E-state index in [1.807, 2.05) is 176 Å². The standard InChI is InChI=1S/C30H34N6O3.C30H28N6O2.C27H27F2N7O.C22H21N7O/c37-24-7-9-25(10-8-24)39-26-14-21(16-31-18-26)20-4-11-28-27(15-20)29(35-34-28)30(38)33-22-5-6-23(32-17-22)19-36-12-2-1-3-13-36;37-30(33-23-10-11-24(32-18-23)20-36-13-5-2-6-14-36)29-27-16-21(9-12-28(27)34-35-29)22-15-26(19-31-17-22)38-25-7-3-1-4-8-25;28-27(29)6-9-36(17-27)15-18-10-20(13-30-12-18)19-2-5-24-23(11-19)25(34-33-24)26(37)32-21-3-4-22(31-14-21)16-35-7-1-8-35;23-16-8-15(10-24-11-16)14-2-5-20-19(9-14)21(28-27-20)22(30)26-17-3-4-18(25-12-17)13-29-6-1-7-29/h4-6,11,14-18,24-25,37H,1-3,7-10,12-13,19H2,(H,33,38)(H,34,35);1,3-4,7-12,15-19H,2,5-6,13-14,20H2,(H,33,37)(H,34,35);2-5,10-14H,1,6-9,15-17H2,(H,32,37)(H,33,34);2-5,8-12H,1,6-7,13,23H2,(H,26,30)(H,27,28). The molecule has 1 aliphatic carbocycles. The average Bonchev–Trinajstić information content (AvgIpc) is 1.44. The monoisotopic (exact) mass is 1930 g/mol. The molecular formula is C109H110F2N26O7. The Kier molecular flexibility index (Phi) is 29.5. The number of anilines is 5. The SMILES string of the molecule is Nc1cncc(-c2ccc3[nH]nc(C(=O)Nc4ccc(CN5CCC5)nc4)c3c2)c1.O=C(Nc1ccc(CN2CCC2)nc1)c1n[nH]c2ccc(-c3cncc(CN4CCC(F)(F)C4)c3)cc12.O=C(Nc1ccc(CN2CCCCC2)nc1)c1n[nH]c2ccc(-c3cncc(OC4CCC(O)CC4)c3)cc12.O=C(Nc1ccc(CN2CCCCC2)nc1)c1n[nH]c2ccc(-c3cncc(Oc4ccccc4)c3)cc12. The molecule has 23 rings (SSSR count). The molecule has 33 nitrogen and oxygen atoms in total. The van der Waals surface area contributed by atoms with Crippen LogP contribution < -0.4 is 36.5 Å². The van der Waals surface area contributed by atoms with Crippen LogP contribution in [-0.2, 0) is 32.7 Å². The maximum atomic E-state index is 13.6. The lowest BCUT2D eigenvalue weighted by molar-refractivity contribution is 0.0114. The van der Waals surface area contributed by atoms with Gasteiger partial charge in [0.05, 0.1) is 129 Å². The summed E-state index contributed by atoms with van der Waals surface area (Å²) < 4.78 is 39.2. The second kappa shape index (κ2) is 44.5. The van der Waals surface area contributed by atoms with Gasteiger partial charge in [-0.25, -0.2) is 8.78 Å². The number of rotatable bonds is 26. The second-order valence-electron chi connectivity index (χ2n) is 37.4. The van der Waals surface area contributed by atoms with Gasteiger partial charge in [-0.3, -0.25) is 104 Å². The number of amides is 4. The summed E-state index contributed by atoms with van der Waals surface area (Å²) in [6.45, 7) is 12.8. The van der Waals surface area contributed by atoms with E-state index < -0.39 is 5.92 Å². The number of nitrogen functional groups attached to an aromatic ring is 1. The van der Waals surface area contributed by atoms with E-state index >= 15 is 0 Å². The number of fused-ring (bicyclic) bond motifs is 4. The first-order valence-electron chi connectivity index (χ1n) is 49.0. The van der Waals surface area contributed by atoms with Crippen LogP contribution in [0.1, 0.15) is 154 Å². The number of para-hydroxylation sites is 1. The molecule has 5 saturated heterocycles. The molecule has 17 aromatic rings. The van der Waals surface area contributed by atoms with Gasteiger partial charge in [0, 0.05) is 127 Å². The van der Waals surface area contributed by atoms with E-state index in [9.17, 15) is 33.1 Å².